The van der Waals surface area contributed by atoms with Crippen LogP contribution in [-0.4, -0.2) is 121 Å². The van der Waals surface area contributed by atoms with Crippen molar-refractivity contribution < 1.29 is 95.2 Å². The number of ether oxygens (including phenoxy) is 12. The first kappa shape index (κ1) is 48.7. The van der Waals surface area contributed by atoms with E-state index in [0.717, 1.165) is 58.2 Å². The number of benzene rings is 2. The van der Waals surface area contributed by atoms with Gasteiger partial charge >= 0.3 is 47.8 Å². The van der Waals surface area contributed by atoms with Crippen molar-refractivity contribution in [3.63, 3.8) is 0 Å². The number of hydrogen-bond acceptors (Lipinski definition) is 20. The molecule has 1 spiro atoms. The Morgan fingerprint density at radius 3 is 1.70 bits per heavy atom. The first-order valence-corrected chi connectivity index (χ1v) is 20.3. The molecule has 3 aliphatic rings. The van der Waals surface area contributed by atoms with Gasteiger partial charge in [0.2, 0.25) is 18.0 Å². The van der Waals surface area contributed by atoms with E-state index < -0.39 is 121 Å². The smallest absolute Gasteiger partial charge is 0.303 e. The summed E-state index contributed by atoms with van der Waals surface area (Å²) in [5.74, 6) is -7.18. The summed E-state index contributed by atoms with van der Waals surface area (Å²) in [6.45, 7) is 11.4. The molecule has 2 fully saturated rings. The molecule has 3 aliphatic heterocycles. The van der Waals surface area contributed by atoms with Gasteiger partial charge in [0.25, 0.3) is 5.79 Å². The highest BCUT2D eigenvalue weighted by Crippen LogP contribution is 2.46. The van der Waals surface area contributed by atoms with Gasteiger partial charge in [-0.15, -0.1) is 0 Å². The van der Waals surface area contributed by atoms with E-state index in [0.29, 0.717) is 11.3 Å². The average molecular weight is 901 g/mol. The van der Waals surface area contributed by atoms with Crippen LogP contribution in [0.4, 0.5) is 0 Å². The summed E-state index contributed by atoms with van der Waals surface area (Å²) in [6, 6.07) is 10.5. The highest BCUT2D eigenvalue weighted by molar-refractivity contribution is 5.71. The molecule has 3 heterocycles. The quantitative estimate of drug-likeness (QED) is 0.207. The number of aryl methyl sites for hydroxylation is 2. The lowest BCUT2D eigenvalue weighted by Gasteiger charge is -2.52. The fourth-order valence-corrected chi connectivity index (χ4v) is 7.92. The first-order chi connectivity index (χ1) is 30.0. The predicted octanol–water partition coefficient (Wildman–Crippen LogP) is 3.29. The van der Waals surface area contributed by atoms with E-state index in [2.05, 4.69) is 0 Å². The van der Waals surface area contributed by atoms with Crippen molar-refractivity contribution in [2.45, 2.75) is 142 Å². The lowest BCUT2D eigenvalue weighted by atomic mass is 9.85. The summed E-state index contributed by atoms with van der Waals surface area (Å²) in [5, 5.41) is 0. The van der Waals surface area contributed by atoms with Crippen molar-refractivity contribution in [2.24, 2.45) is 0 Å². The van der Waals surface area contributed by atoms with Crippen LogP contribution in [0.15, 0.2) is 36.4 Å². The number of hydrogen-bond donors (Lipinski definition) is 0. The molecule has 0 saturated carbocycles. The van der Waals surface area contributed by atoms with Gasteiger partial charge in [0.15, 0.2) is 24.4 Å². The van der Waals surface area contributed by atoms with E-state index >= 15 is 0 Å². The minimum atomic E-state index is -1.90. The van der Waals surface area contributed by atoms with Crippen molar-refractivity contribution >= 4 is 47.8 Å². The third-order valence-corrected chi connectivity index (χ3v) is 10.4. The second-order valence-corrected chi connectivity index (χ2v) is 15.7. The van der Waals surface area contributed by atoms with Crippen LogP contribution in [0, 0.1) is 6.92 Å². The van der Waals surface area contributed by atoms with Gasteiger partial charge in [-0.1, -0.05) is 12.1 Å². The van der Waals surface area contributed by atoms with Gasteiger partial charge < -0.3 is 56.8 Å². The molecule has 0 radical (unpaired) electrons. The van der Waals surface area contributed by atoms with Crippen molar-refractivity contribution in [3.8, 4) is 22.6 Å². The Bertz CT molecular complexity index is 2150. The molecule has 20 nitrogen and oxygen atoms in total. The van der Waals surface area contributed by atoms with Crippen LogP contribution in [0.3, 0.4) is 0 Å². The van der Waals surface area contributed by atoms with Crippen molar-refractivity contribution in [2.75, 3.05) is 13.2 Å². The Hall–Kier alpha value is -6.28. The molecule has 2 aromatic carbocycles. The Morgan fingerprint density at radius 2 is 1.14 bits per heavy atom. The Balaban J connectivity index is 1.47. The third kappa shape index (κ3) is 11.4. The Labute approximate surface area is 368 Å². The molecule has 2 saturated heterocycles. The van der Waals surface area contributed by atoms with E-state index in [-0.39, 0.29) is 18.6 Å². The van der Waals surface area contributed by atoms with Crippen LogP contribution < -0.4 is 9.47 Å². The zero-order valence-electron chi connectivity index (χ0n) is 37.1. The number of carbonyl (C=O) groups excluding carboxylic acids is 8. The second-order valence-electron chi connectivity index (χ2n) is 15.7. The highest BCUT2D eigenvalue weighted by Gasteiger charge is 2.63. The lowest BCUT2D eigenvalue weighted by Crippen LogP contribution is -2.70. The number of rotatable bonds is 13. The topological polar surface area (TPSA) is 247 Å². The maximum absolute atomic E-state index is 12.5. The van der Waals surface area contributed by atoms with Gasteiger partial charge in [0.1, 0.15) is 36.9 Å². The molecule has 0 bridgehead atoms. The Kier molecular flexibility index (Phi) is 15.3. The molecule has 0 aromatic heterocycles. The third-order valence-electron chi connectivity index (χ3n) is 10.4. The molecule has 10 atom stereocenters. The van der Waals surface area contributed by atoms with E-state index in [9.17, 15) is 38.4 Å². The van der Waals surface area contributed by atoms with E-state index in [4.69, 9.17) is 56.8 Å². The molecule has 0 N–H and O–H groups in total. The lowest BCUT2D eigenvalue weighted by molar-refractivity contribution is -0.345. The molecule has 5 rings (SSSR count). The molecule has 0 amide bonds. The summed E-state index contributed by atoms with van der Waals surface area (Å²) in [5.41, 5.74) is 0.877. The van der Waals surface area contributed by atoms with Crippen molar-refractivity contribution in [1.82, 2.24) is 0 Å². The van der Waals surface area contributed by atoms with Crippen molar-refractivity contribution in [3.05, 3.63) is 47.5 Å². The molecule has 0 aliphatic carbocycles. The summed E-state index contributed by atoms with van der Waals surface area (Å²) in [6.07, 6.45) is -10.7. The van der Waals surface area contributed by atoms with E-state index in [1.54, 1.807) is 31.2 Å². The van der Waals surface area contributed by atoms with Gasteiger partial charge in [-0.05, 0) is 66.8 Å². The minimum absolute atomic E-state index is 0.0436. The summed E-state index contributed by atoms with van der Waals surface area (Å²) < 4.78 is 69.6. The van der Waals surface area contributed by atoms with Crippen LogP contribution in [0.2, 0.25) is 0 Å². The maximum Gasteiger partial charge on any atom is 0.303 e. The van der Waals surface area contributed by atoms with Gasteiger partial charge in [-0.2, -0.15) is 0 Å². The van der Waals surface area contributed by atoms with Gasteiger partial charge in [-0.3, -0.25) is 38.4 Å². The molecular weight excluding hydrogens is 848 g/mol. The first-order valence-electron chi connectivity index (χ1n) is 20.3. The molecule has 348 valence electrons. The van der Waals surface area contributed by atoms with Gasteiger partial charge in [0, 0.05) is 61.8 Å². The number of esters is 8. The van der Waals surface area contributed by atoms with E-state index in [1.165, 1.54) is 20.8 Å². The molecule has 20 heteroatoms. The second kappa shape index (κ2) is 20.0. The standard InChI is InChI=1S/C44H52O20/c1-21-17-30(11-13-33(21)60-42-43(10,62-29(9)52)40(58-27(7)50)38(56-25(5)48)35(61-42)19-53-22(2)45)31-12-14-34-32(18-31)15-16-44(63-34)41(59-28(8)51)39(57-26(6)49)37(55-24(4)47)36(64-44)20-54-23(3)46/h11-14,17-18,35-42H,15-16,19-20H2,1-10H3/t35-,36-,37-,38-,39+,40+,41+,42+,43+,44+/m1/s1. The predicted molar refractivity (Wildman–Crippen MR) is 214 cm³/mol. The van der Waals surface area contributed by atoms with E-state index in [1.807, 2.05) is 12.1 Å². The zero-order chi connectivity index (χ0) is 47.3. The summed E-state index contributed by atoms with van der Waals surface area (Å²) in [7, 11) is 0. The fraction of sp³-hybridized carbons (Fsp3) is 0.545. The molecular formula is C44H52O20. The molecule has 64 heavy (non-hydrogen) atoms. The maximum atomic E-state index is 12.5. The van der Waals surface area contributed by atoms with Gasteiger partial charge in [0.05, 0.1) is 0 Å². The van der Waals surface area contributed by atoms with Crippen molar-refractivity contribution in [1.29, 1.82) is 0 Å². The van der Waals surface area contributed by atoms with Gasteiger partial charge in [-0.25, -0.2) is 0 Å². The van der Waals surface area contributed by atoms with Crippen LogP contribution in [0.1, 0.15) is 79.9 Å². The average Bonchev–Trinajstić information content (AvgIpc) is 3.18. The molecule has 2 aromatic rings. The SMILES string of the molecule is CC(=O)OC[C@H]1O[C@H](Oc2ccc(-c3ccc4c(c3)CC[C@]3(O4)O[C@H](COC(C)=O)[C@@H](OC(C)=O)[C@H](OC(C)=O)[C@@H]3OC(C)=O)cc2C)[C@@](C)(OC(C)=O)[C@@H](OC(C)=O)[C@@H]1OC(C)=O. The minimum Gasteiger partial charge on any atom is -0.463 e. The fourth-order valence-electron chi connectivity index (χ4n) is 7.92. The van der Waals surface area contributed by atoms with Crippen LogP contribution in [-0.2, 0) is 92.1 Å². The Morgan fingerprint density at radius 1 is 0.609 bits per heavy atom. The van der Waals surface area contributed by atoms with Crippen LogP contribution in [0.25, 0.3) is 11.1 Å². The molecule has 0 unspecified atom stereocenters. The number of fused-ring (bicyclic) bond motifs is 1. The largest absolute Gasteiger partial charge is 0.463 e. The van der Waals surface area contributed by atoms with Crippen LogP contribution >= 0.6 is 0 Å². The number of carbonyl (C=O) groups is 8. The zero-order valence-corrected chi connectivity index (χ0v) is 37.1. The highest BCUT2D eigenvalue weighted by atomic mass is 16.8. The monoisotopic (exact) mass is 900 g/mol. The normalized spacial score (nSPS) is 28.2. The van der Waals surface area contributed by atoms with Crippen LogP contribution in [0.5, 0.6) is 11.5 Å². The summed E-state index contributed by atoms with van der Waals surface area (Å²) in [4.78, 5) is 97.9. The summed E-state index contributed by atoms with van der Waals surface area (Å²) >= 11 is 0.